The van der Waals surface area contributed by atoms with Crippen molar-refractivity contribution in [1.29, 1.82) is 5.26 Å². The van der Waals surface area contributed by atoms with E-state index in [9.17, 15) is 9.50 Å². The normalized spacial score (nSPS) is 22.4. The summed E-state index contributed by atoms with van der Waals surface area (Å²) >= 11 is 0. The van der Waals surface area contributed by atoms with Gasteiger partial charge in [-0.1, -0.05) is 18.6 Å². The maximum Gasteiger partial charge on any atom is 0.145 e. The van der Waals surface area contributed by atoms with Crippen LogP contribution in [0.2, 0.25) is 0 Å². The molecule has 4 heteroatoms. The zero-order valence-corrected chi connectivity index (χ0v) is 10.9. The first-order chi connectivity index (χ1) is 9.26. The number of hydrogen-bond acceptors (Lipinski definition) is 3. The van der Waals surface area contributed by atoms with E-state index in [1.54, 1.807) is 12.1 Å². The standard InChI is InChI=1S/C15H19FN2O/c16-15-11(7-17)3-1-5-13(15)9-18-8-12-4-2-6-14(12)10-19/h1,3,5,12,14,18-19H,2,4,6,8-10H2. The third-order valence-corrected chi connectivity index (χ3v) is 3.97. The Morgan fingerprint density at radius 3 is 2.89 bits per heavy atom. The van der Waals surface area contributed by atoms with Crippen LogP contribution in [-0.2, 0) is 6.54 Å². The van der Waals surface area contributed by atoms with Crippen LogP contribution < -0.4 is 5.32 Å². The van der Waals surface area contributed by atoms with E-state index in [-0.39, 0.29) is 12.2 Å². The number of nitrogens with one attached hydrogen (secondary N) is 1. The molecule has 0 aliphatic heterocycles. The van der Waals surface area contributed by atoms with Gasteiger partial charge >= 0.3 is 0 Å². The SMILES string of the molecule is N#Cc1cccc(CNCC2CCCC2CO)c1F. The van der Waals surface area contributed by atoms with Crippen LogP contribution in [0.1, 0.15) is 30.4 Å². The van der Waals surface area contributed by atoms with E-state index in [0.717, 1.165) is 25.8 Å². The Morgan fingerprint density at radius 2 is 2.16 bits per heavy atom. The van der Waals surface area contributed by atoms with E-state index in [1.165, 1.54) is 6.07 Å². The molecule has 1 aliphatic rings. The number of halogens is 1. The van der Waals surface area contributed by atoms with Gasteiger partial charge in [-0.3, -0.25) is 0 Å². The number of nitrogens with zero attached hydrogens (tertiary/aromatic N) is 1. The quantitative estimate of drug-likeness (QED) is 0.855. The molecule has 2 unspecified atom stereocenters. The summed E-state index contributed by atoms with van der Waals surface area (Å²) in [6, 6.07) is 6.73. The molecule has 0 amide bonds. The Kier molecular flexibility index (Phi) is 4.89. The lowest BCUT2D eigenvalue weighted by Crippen LogP contribution is -2.26. The van der Waals surface area contributed by atoms with Crippen molar-refractivity contribution in [2.24, 2.45) is 11.8 Å². The predicted octanol–water partition coefficient (Wildman–Crippen LogP) is 2.20. The van der Waals surface area contributed by atoms with Crippen molar-refractivity contribution >= 4 is 0 Å². The first kappa shape index (κ1) is 14.0. The van der Waals surface area contributed by atoms with Crippen LogP contribution in [0.5, 0.6) is 0 Å². The predicted molar refractivity (Wildman–Crippen MR) is 70.7 cm³/mol. The summed E-state index contributed by atoms with van der Waals surface area (Å²) in [6.07, 6.45) is 3.37. The number of benzene rings is 1. The molecule has 0 bridgehead atoms. The molecule has 1 aromatic carbocycles. The van der Waals surface area contributed by atoms with Gasteiger partial charge in [0.2, 0.25) is 0 Å². The first-order valence-corrected chi connectivity index (χ1v) is 6.75. The lowest BCUT2D eigenvalue weighted by Gasteiger charge is -2.18. The third kappa shape index (κ3) is 3.31. The Morgan fingerprint density at radius 1 is 1.37 bits per heavy atom. The molecule has 102 valence electrons. The van der Waals surface area contributed by atoms with E-state index in [2.05, 4.69) is 5.32 Å². The van der Waals surface area contributed by atoms with E-state index in [4.69, 9.17) is 5.26 Å². The van der Waals surface area contributed by atoms with Crippen molar-refractivity contribution in [3.63, 3.8) is 0 Å². The minimum Gasteiger partial charge on any atom is -0.396 e. The second-order valence-corrected chi connectivity index (χ2v) is 5.16. The molecule has 3 nitrogen and oxygen atoms in total. The zero-order chi connectivity index (χ0) is 13.7. The minimum atomic E-state index is -0.428. The Labute approximate surface area is 113 Å². The van der Waals surface area contributed by atoms with Crippen molar-refractivity contribution in [3.05, 3.63) is 35.1 Å². The summed E-state index contributed by atoms with van der Waals surface area (Å²) in [4.78, 5) is 0. The number of aliphatic hydroxyl groups excluding tert-OH is 1. The Hall–Kier alpha value is -1.44. The summed E-state index contributed by atoms with van der Waals surface area (Å²) < 4.78 is 13.8. The van der Waals surface area contributed by atoms with Crippen LogP contribution in [-0.4, -0.2) is 18.3 Å². The smallest absolute Gasteiger partial charge is 0.145 e. The lowest BCUT2D eigenvalue weighted by atomic mass is 9.97. The van der Waals surface area contributed by atoms with E-state index in [0.29, 0.717) is 23.9 Å². The fourth-order valence-electron chi connectivity index (χ4n) is 2.82. The molecule has 2 N–H and O–H groups in total. The van der Waals surface area contributed by atoms with Gasteiger partial charge < -0.3 is 10.4 Å². The van der Waals surface area contributed by atoms with Gasteiger partial charge in [0.1, 0.15) is 11.9 Å². The number of hydrogen-bond donors (Lipinski definition) is 2. The molecule has 1 aliphatic carbocycles. The van der Waals surface area contributed by atoms with Crippen molar-refractivity contribution in [1.82, 2.24) is 5.32 Å². The summed E-state index contributed by atoms with van der Waals surface area (Å²) in [5.41, 5.74) is 0.617. The van der Waals surface area contributed by atoms with Gasteiger partial charge in [-0.25, -0.2) is 4.39 Å². The fourth-order valence-corrected chi connectivity index (χ4v) is 2.82. The molecular weight excluding hydrogens is 243 g/mol. The van der Waals surface area contributed by atoms with E-state index >= 15 is 0 Å². The van der Waals surface area contributed by atoms with Gasteiger partial charge in [0.15, 0.2) is 0 Å². The molecule has 1 aromatic rings. The second kappa shape index (κ2) is 6.65. The van der Waals surface area contributed by atoms with Gasteiger partial charge in [0.25, 0.3) is 0 Å². The summed E-state index contributed by atoms with van der Waals surface area (Å²) in [5.74, 6) is 0.428. The molecule has 1 fully saturated rings. The Balaban J connectivity index is 1.88. The number of nitriles is 1. The second-order valence-electron chi connectivity index (χ2n) is 5.16. The molecule has 0 spiro atoms. The largest absolute Gasteiger partial charge is 0.396 e. The maximum atomic E-state index is 13.8. The van der Waals surface area contributed by atoms with E-state index < -0.39 is 5.82 Å². The van der Waals surface area contributed by atoms with Gasteiger partial charge in [-0.2, -0.15) is 5.26 Å². The van der Waals surface area contributed by atoms with Crippen LogP contribution in [0.15, 0.2) is 18.2 Å². The van der Waals surface area contributed by atoms with Crippen molar-refractivity contribution in [2.45, 2.75) is 25.8 Å². The van der Waals surface area contributed by atoms with Crippen LogP contribution in [0.25, 0.3) is 0 Å². The number of aliphatic hydroxyl groups is 1. The highest BCUT2D eigenvalue weighted by atomic mass is 19.1. The molecule has 0 heterocycles. The average molecular weight is 262 g/mol. The lowest BCUT2D eigenvalue weighted by molar-refractivity contribution is 0.192. The van der Waals surface area contributed by atoms with Gasteiger partial charge in [0, 0.05) is 18.7 Å². The fraction of sp³-hybridized carbons (Fsp3) is 0.533. The zero-order valence-electron chi connectivity index (χ0n) is 10.9. The highest BCUT2D eigenvalue weighted by Crippen LogP contribution is 2.30. The Bertz CT molecular complexity index is 470. The molecular formula is C15H19FN2O. The topological polar surface area (TPSA) is 56.0 Å². The van der Waals surface area contributed by atoms with Gasteiger partial charge in [-0.15, -0.1) is 0 Å². The molecule has 0 radical (unpaired) electrons. The molecule has 2 rings (SSSR count). The van der Waals surface area contributed by atoms with Crippen LogP contribution >= 0.6 is 0 Å². The van der Waals surface area contributed by atoms with Gasteiger partial charge in [-0.05, 0) is 37.3 Å². The molecule has 0 aromatic heterocycles. The first-order valence-electron chi connectivity index (χ1n) is 6.75. The summed E-state index contributed by atoms with van der Waals surface area (Å²) in [5, 5.41) is 21.3. The van der Waals surface area contributed by atoms with Crippen molar-refractivity contribution in [2.75, 3.05) is 13.2 Å². The molecule has 2 atom stereocenters. The molecule has 19 heavy (non-hydrogen) atoms. The summed E-state index contributed by atoms with van der Waals surface area (Å²) in [7, 11) is 0. The highest BCUT2D eigenvalue weighted by molar-refractivity contribution is 5.34. The average Bonchev–Trinajstić information content (AvgIpc) is 2.88. The molecule has 1 saturated carbocycles. The minimum absolute atomic E-state index is 0.0911. The van der Waals surface area contributed by atoms with Gasteiger partial charge in [0.05, 0.1) is 5.56 Å². The maximum absolute atomic E-state index is 13.8. The van der Waals surface area contributed by atoms with Crippen molar-refractivity contribution in [3.8, 4) is 6.07 Å². The van der Waals surface area contributed by atoms with Crippen molar-refractivity contribution < 1.29 is 9.50 Å². The third-order valence-electron chi connectivity index (χ3n) is 3.97. The molecule has 0 saturated heterocycles. The van der Waals surface area contributed by atoms with Crippen LogP contribution in [0.3, 0.4) is 0 Å². The van der Waals surface area contributed by atoms with E-state index in [1.807, 2.05) is 6.07 Å². The van der Waals surface area contributed by atoms with Crippen LogP contribution in [0, 0.1) is 29.0 Å². The highest BCUT2D eigenvalue weighted by Gasteiger charge is 2.25. The van der Waals surface area contributed by atoms with Crippen LogP contribution in [0.4, 0.5) is 4.39 Å². The summed E-state index contributed by atoms with van der Waals surface area (Å²) in [6.45, 7) is 1.46. The monoisotopic (exact) mass is 262 g/mol. The number of rotatable bonds is 5.